The van der Waals surface area contributed by atoms with Crippen molar-refractivity contribution >= 4 is 17.3 Å². The second-order valence-corrected chi connectivity index (χ2v) is 4.36. The molecule has 0 saturated heterocycles. The van der Waals surface area contributed by atoms with Gasteiger partial charge >= 0.3 is 0 Å². The fraction of sp³-hybridized carbons (Fsp3) is 0.125. The van der Waals surface area contributed by atoms with Crippen molar-refractivity contribution in [2.45, 2.75) is 13.8 Å². The molecule has 2 rings (SSSR count). The van der Waals surface area contributed by atoms with Gasteiger partial charge in [0.1, 0.15) is 0 Å². The van der Waals surface area contributed by atoms with Gasteiger partial charge in [0, 0.05) is 5.69 Å². The van der Waals surface area contributed by atoms with Crippen molar-refractivity contribution in [3.63, 3.8) is 0 Å². The first kappa shape index (κ1) is 11.5. The lowest BCUT2D eigenvalue weighted by molar-refractivity contribution is 1.46. The highest BCUT2D eigenvalue weighted by Crippen LogP contribution is 2.19. The Morgan fingerprint density at radius 2 is 1.53 bits per heavy atom. The summed E-state index contributed by atoms with van der Waals surface area (Å²) in [5.41, 5.74) is 11.4. The Morgan fingerprint density at radius 3 is 2.12 bits per heavy atom. The van der Waals surface area contributed by atoms with E-state index >= 15 is 0 Å². The van der Waals surface area contributed by atoms with Crippen LogP contribution in [0.3, 0.4) is 0 Å². The number of anilines is 1. The lowest BCUT2D eigenvalue weighted by Gasteiger charge is -2.03. The van der Waals surface area contributed by atoms with Gasteiger partial charge in [-0.05, 0) is 42.7 Å². The van der Waals surface area contributed by atoms with Gasteiger partial charge in [-0.25, -0.2) is 0 Å². The van der Waals surface area contributed by atoms with Crippen molar-refractivity contribution in [3.8, 4) is 0 Å². The molecule has 0 aliphatic rings. The molecular formula is C16H17N. The van der Waals surface area contributed by atoms with Gasteiger partial charge < -0.3 is 5.73 Å². The van der Waals surface area contributed by atoms with E-state index in [0.29, 0.717) is 0 Å². The number of nitrogens with two attached hydrogens (primary N) is 1. The summed E-state index contributed by atoms with van der Waals surface area (Å²) in [5.74, 6) is 0. The van der Waals surface area contributed by atoms with Gasteiger partial charge in [0.25, 0.3) is 0 Å². The third kappa shape index (κ3) is 2.97. The Hall–Kier alpha value is -2.02. The molecule has 0 atom stereocenters. The molecule has 2 aromatic carbocycles. The van der Waals surface area contributed by atoms with Gasteiger partial charge in [-0.15, -0.1) is 0 Å². The molecule has 0 saturated carbocycles. The maximum atomic E-state index is 5.68. The van der Waals surface area contributed by atoms with Crippen LogP contribution in [0.25, 0.3) is 11.6 Å². The van der Waals surface area contributed by atoms with Crippen molar-refractivity contribution in [3.05, 3.63) is 65.2 Å². The number of allylic oxidation sites excluding steroid dienone is 1. The van der Waals surface area contributed by atoms with Gasteiger partial charge in [-0.1, -0.05) is 48.0 Å². The highest BCUT2D eigenvalue weighted by atomic mass is 14.5. The molecule has 0 aliphatic carbocycles. The summed E-state index contributed by atoms with van der Waals surface area (Å²) in [5, 5.41) is 0. The first-order valence-electron chi connectivity index (χ1n) is 5.76. The van der Waals surface area contributed by atoms with Crippen LogP contribution in [0.15, 0.2) is 48.5 Å². The Labute approximate surface area is 103 Å². The average Bonchev–Trinajstić information content (AvgIpc) is 2.33. The molecule has 0 aromatic heterocycles. The minimum Gasteiger partial charge on any atom is -0.399 e. The van der Waals surface area contributed by atoms with E-state index < -0.39 is 0 Å². The standard InChI is InChI=1S/C16H17N/c1-12-3-5-14(6-4-12)11-13(2)15-7-9-16(17)10-8-15/h3-11H,17H2,1-2H3/b13-11-. The zero-order valence-corrected chi connectivity index (χ0v) is 10.3. The molecule has 0 spiro atoms. The topological polar surface area (TPSA) is 26.0 Å². The Bertz CT molecular complexity index is 518. The lowest BCUT2D eigenvalue weighted by atomic mass is 10.0. The van der Waals surface area contributed by atoms with E-state index in [1.807, 2.05) is 12.1 Å². The molecule has 0 aliphatic heterocycles. The van der Waals surface area contributed by atoms with E-state index in [-0.39, 0.29) is 0 Å². The number of hydrogen-bond donors (Lipinski definition) is 1. The first-order chi connectivity index (χ1) is 8.15. The number of nitrogen functional groups attached to an aromatic ring is 1. The minimum atomic E-state index is 0.803. The molecule has 0 radical (unpaired) electrons. The monoisotopic (exact) mass is 223 g/mol. The quantitative estimate of drug-likeness (QED) is 0.601. The summed E-state index contributed by atoms with van der Waals surface area (Å²) in [7, 11) is 0. The minimum absolute atomic E-state index is 0.803. The summed E-state index contributed by atoms with van der Waals surface area (Å²) >= 11 is 0. The van der Waals surface area contributed by atoms with Crippen molar-refractivity contribution in [1.29, 1.82) is 0 Å². The van der Waals surface area contributed by atoms with Crippen LogP contribution < -0.4 is 5.73 Å². The molecule has 17 heavy (non-hydrogen) atoms. The molecule has 0 heterocycles. The molecule has 0 unspecified atom stereocenters. The maximum Gasteiger partial charge on any atom is 0.0314 e. The van der Waals surface area contributed by atoms with Crippen LogP contribution in [0.1, 0.15) is 23.6 Å². The van der Waals surface area contributed by atoms with Gasteiger partial charge in [0.05, 0.1) is 0 Å². The zero-order chi connectivity index (χ0) is 12.3. The van der Waals surface area contributed by atoms with Crippen LogP contribution in [0.2, 0.25) is 0 Å². The highest BCUT2D eigenvalue weighted by molar-refractivity contribution is 5.80. The van der Waals surface area contributed by atoms with E-state index in [2.05, 4.69) is 56.3 Å². The number of benzene rings is 2. The van der Waals surface area contributed by atoms with E-state index in [1.54, 1.807) is 0 Å². The van der Waals surface area contributed by atoms with Gasteiger partial charge in [0.2, 0.25) is 0 Å². The second-order valence-electron chi connectivity index (χ2n) is 4.36. The van der Waals surface area contributed by atoms with Crippen LogP contribution in [0.5, 0.6) is 0 Å². The van der Waals surface area contributed by atoms with E-state index in [0.717, 1.165) is 5.69 Å². The van der Waals surface area contributed by atoms with Gasteiger partial charge in [-0.2, -0.15) is 0 Å². The smallest absolute Gasteiger partial charge is 0.0314 e. The largest absolute Gasteiger partial charge is 0.399 e. The lowest BCUT2D eigenvalue weighted by Crippen LogP contribution is -1.85. The summed E-state index contributed by atoms with van der Waals surface area (Å²) < 4.78 is 0. The predicted octanol–water partition coefficient (Wildman–Crippen LogP) is 4.14. The van der Waals surface area contributed by atoms with Crippen molar-refractivity contribution in [1.82, 2.24) is 0 Å². The number of aryl methyl sites for hydroxylation is 1. The second kappa shape index (κ2) is 4.88. The predicted molar refractivity (Wildman–Crippen MR) is 75.6 cm³/mol. The molecule has 0 bridgehead atoms. The van der Waals surface area contributed by atoms with Crippen LogP contribution in [0.4, 0.5) is 5.69 Å². The van der Waals surface area contributed by atoms with Crippen LogP contribution in [-0.4, -0.2) is 0 Å². The van der Waals surface area contributed by atoms with Crippen LogP contribution >= 0.6 is 0 Å². The fourth-order valence-electron chi connectivity index (χ4n) is 1.74. The maximum absolute atomic E-state index is 5.68. The molecule has 86 valence electrons. The SMILES string of the molecule is C/C(=C/c1ccc(C)cc1)c1ccc(N)cc1. The number of hydrogen-bond acceptors (Lipinski definition) is 1. The summed E-state index contributed by atoms with van der Waals surface area (Å²) in [6, 6.07) is 16.5. The third-order valence-corrected chi connectivity index (χ3v) is 2.83. The fourth-order valence-corrected chi connectivity index (χ4v) is 1.74. The molecule has 2 N–H and O–H groups in total. The molecule has 0 fully saturated rings. The summed E-state index contributed by atoms with van der Waals surface area (Å²) in [4.78, 5) is 0. The number of rotatable bonds is 2. The molecule has 0 amide bonds. The van der Waals surface area contributed by atoms with E-state index in [1.165, 1.54) is 22.3 Å². The molecule has 1 heteroatoms. The Morgan fingerprint density at radius 1 is 0.941 bits per heavy atom. The zero-order valence-electron chi connectivity index (χ0n) is 10.3. The van der Waals surface area contributed by atoms with Crippen LogP contribution in [0, 0.1) is 6.92 Å². The van der Waals surface area contributed by atoms with E-state index in [9.17, 15) is 0 Å². The normalized spacial score (nSPS) is 11.5. The van der Waals surface area contributed by atoms with Crippen molar-refractivity contribution in [2.24, 2.45) is 0 Å². The third-order valence-electron chi connectivity index (χ3n) is 2.83. The molecule has 2 aromatic rings. The average molecular weight is 223 g/mol. The van der Waals surface area contributed by atoms with Crippen molar-refractivity contribution < 1.29 is 0 Å². The van der Waals surface area contributed by atoms with Gasteiger partial charge in [0.15, 0.2) is 0 Å². The molecular weight excluding hydrogens is 206 g/mol. The summed E-state index contributed by atoms with van der Waals surface area (Å²) in [6.45, 7) is 4.21. The molecule has 1 nitrogen and oxygen atoms in total. The van der Waals surface area contributed by atoms with Crippen molar-refractivity contribution in [2.75, 3.05) is 5.73 Å². The van der Waals surface area contributed by atoms with Gasteiger partial charge in [-0.3, -0.25) is 0 Å². The Kier molecular flexibility index (Phi) is 3.29. The highest BCUT2D eigenvalue weighted by Gasteiger charge is 1.96. The van der Waals surface area contributed by atoms with E-state index in [4.69, 9.17) is 5.73 Å². The Balaban J connectivity index is 2.27. The van der Waals surface area contributed by atoms with Crippen LogP contribution in [-0.2, 0) is 0 Å². The summed E-state index contributed by atoms with van der Waals surface area (Å²) in [6.07, 6.45) is 2.19. The first-order valence-corrected chi connectivity index (χ1v) is 5.76.